The predicted molar refractivity (Wildman–Crippen MR) is 211 cm³/mol. The van der Waals surface area contributed by atoms with Gasteiger partial charge in [-0.1, -0.05) is 72.8 Å². The zero-order chi connectivity index (χ0) is 35.5. The number of pyridine rings is 2. The predicted octanol–water partition coefficient (Wildman–Crippen LogP) is 7.27. The highest BCUT2D eigenvalue weighted by Gasteiger charge is 2.28. The molecular weight excluding hydrogens is 738 g/mol. The minimum absolute atomic E-state index is 0. The van der Waals surface area contributed by atoms with Gasteiger partial charge in [0.1, 0.15) is 17.3 Å². The smallest absolute Gasteiger partial charge is 0.217 e. The van der Waals surface area contributed by atoms with Crippen LogP contribution in [-0.2, 0) is 48.4 Å². The molecule has 1 atom stereocenters. The molecule has 0 saturated heterocycles. The molecule has 0 radical (unpaired) electrons. The maximum absolute atomic E-state index is 12.7. The molecule has 0 saturated carbocycles. The Morgan fingerprint density at radius 2 is 1.37 bits per heavy atom. The van der Waals surface area contributed by atoms with Crippen molar-refractivity contribution in [3.8, 4) is 11.5 Å². The second-order valence-electron chi connectivity index (χ2n) is 13.0. The molecule has 0 amide bonds. The monoisotopic (exact) mass is 785 g/mol. The Balaban J connectivity index is 0.00000523. The van der Waals surface area contributed by atoms with E-state index in [9.17, 15) is 8.42 Å². The summed E-state index contributed by atoms with van der Waals surface area (Å²) in [6, 6.07) is 34.4. The molecule has 1 unspecified atom stereocenters. The second-order valence-corrected chi connectivity index (χ2v) is 14.8. The third kappa shape index (κ3) is 10.7. The lowest BCUT2D eigenvalue weighted by Crippen LogP contribution is -2.38. The molecule has 3 aromatic carbocycles. The van der Waals surface area contributed by atoms with Gasteiger partial charge >= 0.3 is 0 Å². The summed E-state index contributed by atoms with van der Waals surface area (Å²) in [6.45, 7) is 4.04. The fraction of sp³-hybridized carbons (Fsp3) is 0.317. The van der Waals surface area contributed by atoms with E-state index in [1.54, 1.807) is 38.6 Å². The maximum Gasteiger partial charge on any atom is 0.217 e. The van der Waals surface area contributed by atoms with Crippen LogP contribution in [0.1, 0.15) is 58.1 Å². The molecule has 2 heterocycles. The van der Waals surface area contributed by atoms with Crippen molar-refractivity contribution in [1.82, 2.24) is 24.5 Å². The number of aryl methyl sites for hydroxylation is 1. The number of sulfonamides is 1. The van der Waals surface area contributed by atoms with Gasteiger partial charge in [0, 0.05) is 62.8 Å². The quantitative estimate of drug-likeness (QED) is 0.105. The molecule has 1 N–H and O–H groups in total. The first-order valence-corrected chi connectivity index (χ1v) is 19.1. The molecule has 52 heavy (non-hydrogen) atoms. The van der Waals surface area contributed by atoms with E-state index in [4.69, 9.17) is 14.5 Å². The molecule has 2 aromatic heterocycles. The zero-order valence-electron chi connectivity index (χ0n) is 29.9. The fourth-order valence-corrected chi connectivity index (χ4v) is 7.89. The summed E-state index contributed by atoms with van der Waals surface area (Å²) in [7, 11) is -0.0762. The van der Waals surface area contributed by atoms with Gasteiger partial charge in [-0.15, -0.1) is 17.0 Å². The molecule has 9 nitrogen and oxygen atoms in total. The highest BCUT2D eigenvalue weighted by Crippen LogP contribution is 2.34. The third-order valence-corrected chi connectivity index (χ3v) is 10.7. The number of aromatic nitrogens is 2. The molecular formula is C41H48BrN5O4S. The van der Waals surface area contributed by atoms with E-state index >= 15 is 0 Å². The van der Waals surface area contributed by atoms with Crippen molar-refractivity contribution in [2.75, 3.05) is 27.3 Å². The number of halogens is 1. The van der Waals surface area contributed by atoms with Crippen molar-refractivity contribution >= 4 is 27.0 Å². The van der Waals surface area contributed by atoms with E-state index in [1.807, 2.05) is 48.7 Å². The van der Waals surface area contributed by atoms with E-state index in [-0.39, 0.29) is 35.3 Å². The molecule has 274 valence electrons. The number of ether oxygens (including phenoxy) is 2. The lowest BCUT2D eigenvalue weighted by molar-refractivity contribution is 0.131. The molecule has 1 aliphatic rings. The molecule has 6 rings (SSSR count). The molecule has 0 aliphatic heterocycles. The van der Waals surface area contributed by atoms with E-state index in [1.165, 1.54) is 16.8 Å². The molecule has 1 aliphatic carbocycles. The van der Waals surface area contributed by atoms with Crippen molar-refractivity contribution < 1.29 is 17.9 Å². The first-order chi connectivity index (χ1) is 24.9. The maximum atomic E-state index is 12.7. The Labute approximate surface area is 318 Å². The van der Waals surface area contributed by atoms with Gasteiger partial charge in [-0.3, -0.25) is 19.8 Å². The van der Waals surface area contributed by atoms with Crippen LogP contribution in [0.5, 0.6) is 11.5 Å². The summed E-state index contributed by atoms with van der Waals surface area (Å²) in [6.07, 6.45) is 6.72. The molecule has 11 heteroatoms. The minimum atomic E-state index is -3.52. The summed E-state index contributed by atoms with van der Waals surface area (Å²) in [4.78, 5) is 14.1. The van der Waals surface area contributed by atoms with Gasteiger partial charge in [-0.05, 0) is 66.3 Å². The summed E-state index contributed by atoms with van der Waals surface area (Å²) in [5, 5.41) is 0. The largest absolute Gasteiger partial charge is 0.496 e. The highest BCUT2D eigenvalue weighted by molar-refractivity contribution is 8.93. The highest BCUT2D eigenvalue weighted by atomic mass is 79.9. The normalized spacial score (nSPS) is 14.1. The van der Waals surface area contributed by atoms with E-state index in [0.717, 1.165) is 80.2 Å². The minimum Gasteiger partial charge on any atom is -0.496 e. The van der Waals surface area contributed by atoms with Crippen LogP contribution in [0.3, 0.4) is 0 Å². The molecule has 0 fully saturated rings. The van der Waals surface area contributed by atoms with Crippen LogP contribution in [0.2, 0.25) is 0 Å². The Bertz CT molecular complexity index is 1910. The van der Waals surface area contributed by atoms with Crippen molar-refractivity contribution in [1.29, 1.82) is 0 Å². The molecule has 0 spiro atoms. The lowest BCUT2D eigenvalue weighted by Gasteiger charge is -2.36. The average Bonchev–Trinajstić information content (AvgIpc) is 3.16. The van der Waals surface area contributed by atoms with Crippen molar-refractivity contribution in [2.24, 2.45) is 0 Å². The average molecular weight is 787 g/mol. The summed E-state index contributed by atoms with van der Waals surface area (Å²) < 4.78 is 39.6. The first-order valence-electron chi connectivity index (χ1n) is 17.5. The number of rotatable bonds is 17. The van der Waals surface area contributed by atoms with Crippen LogP contribution in [0.25, 0.3) is 0 Å². The zero-order valence-corrected chi connectivity index (χ0v) is 32.4. The van der Waals surface area contributed by atoms with E-state index in [2.05, 4.69) is 62.0 Å². The Kier molecular flexibility index (Phi) is 14.4. The molecule has 0 bridgehead atoms. The SMILES string of the molecule is Br.COc1ccccc1CN(CCN(Cc1ccc(CNS(=O)(=O)Cc2ccccn2)cc1)C1CCCc2cccnc21)Cc1ccccc1OC. The Morgan fingerprint density at radius 3 is 2.02 bits per heavy atom. The van der Waals surface area contributed by atoms with Gasteiger partial charge in [0.25, 0.3) is 0 Å². The van der Waals surface area contributed by atoms with E-state index in [0.29, 0.717) is 5.69 Å². The van der Waals surface area contributed by atoms with Crippen molar-refractivity contribution in [3.63, 3.8) is 0 Å². The summed E-state index contributed by atoms with van der Waals surface area (Å²) in [5.41, 5.74) is 7.35. The number of methoxy groups -OCH3 is 2. The number of para-hydroxylation sites is 2. The number of nitrogens with one attached hydrogen (secondary N) is 1. The number of benzene rings is 3. The van der Waals surface area contributed by atoms with Gasteiger partial charge in [0.15, 0.2) is 0 Å². The van der Waals surface area contributed by atoms with Crippen LogP contribution in [-0.4, -0.2) is 55.5 Å². The number of nitrogens with zero attached hydrogens (tertiary/aromatic N) is 4. The third-order valence-electron chi connectivity index (χ3n) is 9.45. The first kappa shape index (κ1) is 39.1. The van der Waals surface area contributed by atoms with Crippen molar-refractivity contribution in [3.05, 3.63) is 155 Å². The van der Waals surface area contributed by atoms with E-state index < -0.39 is 10.0 Å². The van der Waals surface area contributed by atoms with Gasteiger partial charge < -0.3 is 9.47 Å². The Hall–Kier alpha value is -4.13. The van der Waals surface area contributed by atoms with Gasteiger partial charge in [-0.25, -0.2) is 13.1 Å². The fourth-order valence-electron chi connectivity index (χ4n) is 6.84. The second kappa shape index (κ2) is 19.1. The Morgan fingerprint density at radius 1 is 0.731 bits per heavy atom. The van der Waals surface area contributed by atoms with Crippen LogP contribution in [0, 0.1) is 0 Å². The van der Waals surface area contributed by atoms with Gasteiger partial charge in [-0.2, -0.15) is 0 Å². The number of hydrogen-bond acceptors (Lipinski definition) is 8. The van der Waals surface area contributed by atoms with Crippen LogP contribution in [0.4, 0.5) is 0 Å². The van der Waals surface area contributed by atoms with Crippen LogP contribution < -0.4 is 14.2 Å². The van der Waals surface area contributed by atoms with Crippen LogP contribution in [0.15, 0.2) is 116 Å². The standard InChI is InChI=1S/C41H47N5O4S.BrH/c1-49-39-17-5-3-11-35(39)29-45(30-36-12-4-6-18-40(36)50-2)25-26-46(38-16-9-13-34-14-10-24-43-41(34)38)28-33-21-19-32(20-22-33)27-44-51(47,48)31-37-15-7-8-23-42-37;/h3-8,10-12,14-15,17-24,38,44H,9,13,16,25-31H2,1-2H3;1H. The van der Waals surface area contributed by atoms with Crippen LogP contribution >= 0.6 is 17.0 Å². The topological polar surface area (TPSA) is 96.9 Å². The number of hydrogen-bond donors (Lipinski definition) is 1. The van der Waals surface area contributed by atoms with Gasteiger partial charge in [0.05, 0.1) is 31.6 Å². The lowest BCUT2D eigenvalue weighted by atomic mass is 9.90. The molecule has 5 aromatic rings. The number of fused-ring (bicyclic) bond motifs is 1. The van der Waals surface area contributed by atoms with Gasteiger partial charge in [0.2, 0.25) is 10.0 Å². The van der Waals surface area contributed by atoms with Crippen molar-refractivity contribution in [2.45, 2.75) is 57.2 Å². The summed E-state index contributed by atoms with van der Waals surface area (Å²) >= 11 is 0. The summed E-state index contributed by atoms with van der Waals surface area (Å²) in [5.74, 6) is 1.61.